The minimum Gasteiger partial charge on any atom is -0.278 e. The summed E-state index contributed by atoms with van der Waals surface area (Å²) in [4.78, 5) is 21.3. The number of para-hydroxylation sites is 3. The minimum absolute atomic E-state index is 0.551. The fourth-order valence-corrected chi connectivity index (χ4v) is 13.2. The predicted molar refractivity (Wildman–Crippen MR) is 259 cm³/mol. The van der Waals surface area contributed by atoms with Crippen molar-refractivity contribution >= 4 is 53.6 Å². The Hall–Kier alpha value is -8.06. The summed E-state index contributed by atoms with van der Waals surface area (Å²) >= 11 is 0. The van der Waals surface area contributed by atoms with Gasteiger partial charge in [-0.1, -0.05) is 164 Å². The third-order valence-electron chi connectivity index (χ3n) is 12.1. The molecule has 0 saturated heterocycles. The van der Waals surface area contributed by atoms with E-state index in [-0.39, 0.29) is 0 Å². The zero-order valence-electron chi connectivity index (χ0n) is 34.2. The van der Waals surface area contributed by atoms with E-state index in [9.17, 15) is 0 Å². The van der Waals surface area contributed by atoms with Crippen molar-refractivity contribution in [2.45, 2.75) is 19.6 Å². The van der Waals surface area contributed by atoms with Gasteiger partial charge >= 0.3 is 0 Å². The average Bonchev–Trinajstić information content (AvgIpc) is 3.88. The second-order valence-corrected chi connectivity index (χ2v) is 18.8. The molecule has 3 aromatic heterocycles. The molecule has 0 aliphatic carbocycles. The SMILES string of the molecule is c1ccc(-c2ccc3c4ccccc4n(-c4nc(-c5ccc(S(c6ccccc6)(c6ccccc6)c6ccccc6)cc5)nc(-n5c6ccccc6c6ccccc65)n4)c3c2)cc1. The van der Waals surface area contributed by atoms with Crippen LogP contribution in [0.1, 0.15) is 0 Å². The van der Waals surface area contributed by atoms with E-state index in [0.29, 0.717) is 17.7 Å². The van der Waals surface area contributed by atoms with Crippen LogP contribution < -0.4 is 0 Å². The smallest absolute Gasteiger partial charge is 0.240 e. The number of rotatable bonds is 8. The van der Waals surface area contributed by atoms with E-state index in [4.69, 9.17) is 15.0 Å². The molecule has 0 unspecified atom stereocenters. The fourth-order valence-electron chi connectivity index (χ4n) is 9.32. The van der Waals surface area contributed by atoms with Crippen molar-refractivity contribution in [1.82, 2.24) is 24.1 Å². The quantitative estimate of drug-likeness (QED) is 0.153. The average molecular weight is 826 g/mol. The zero-order chi connectivity index (χ0) is 41.7. The van der Waals surface area contributed by atoms with Crippen molar-refractivity contribution < 1.29 is 0 Å². The zero-order valence-corrected chi connectivity index (χ0v) is 35.0. The first-order valence-corrected chi connectivity index (χ1v) is 22.8. The van der Waals surface area contributed by atoms with Gasteiger partial charge in [0.1, 0.15) is 0 Å². The van der Waals surface area contributed by atoms with Crippen molar-refractivity contribution in [1.29, 1.82) is 0 Å². The highest BCUT2D eigenvalue weighted by atomic mass is 32.3. The molecule has 0 spiro atoms. The molecule has 0 fully saturated rings. The number of benzene rings is 9. The molecule has 298 valence electrons. The van der Waals surface area contributed by atoms with Crippen LogP contribution in [0.15, 0.2) is 256 Å². The molecule has 0 radical (unpaired) electrons. The summed E-state index contributed by atoms with van der Waals surface area (Å²) < 4.78 is 4.40. The molecule has 0 bridgehead atoms. The van der Waals surface area contributed by atoms with E-state index in [1.165, 1.54) is 19.6 Å². The molecule has 0 aliphatic heterocycles. The maximum absolute atomic E-state index is 5.43. The van der Waals surface area contributed by atoms with Crippen molar-refractivity contribution in [3.8, 4) is 34.4 Å². The summed E-state index contributed by atoms with van der Waals surface area (Å²) in [6.45, 7) is 0. The lowest BCUT2D eigenvalue weighted by atomic mass is 10.0. The summed E-state index contributed by atoms with van der Waals surface area (Å²) in [6.07, 6.45) is 0. The topological polar surface area (TPSA) is 48.5 Å². The van der Waals surface area contributed by atoms with Gasteiger partial charge in [-0.3, -0.25) is 9.13 Å². The van der Waals surface area contributed by atoms with Gasteiger partial charge < -0.3 is 0 Å². The highest BCUT2D eigenvalue weighted by Crippen LogP contribution is 2.73. The Balaban J connectivity index is 1.12. The van der Waals surface area contributed by atoms with Gasteiger partial charge in [0.2, 0.25) is 11.9 Å². The van der Waals surface area contributed by atoms with Crippen molar-refractivity contribution in [3.05, 3.63) is 237 Å². The molecule has 0 atom stereocenters. The van der Waals surface area contributed by atoms with Crippen LogP contribution in [0.5, 0.6) is 0 Å². The molecule has 0 N–H and O–H groups in total. The summed E-state index contributed by atoms with van der Waals surface area (Å²) in [5.74, 6) is 1.70. The van der Waals surface area contributed by atoms with Gasteiger partial charge in [0.05, 0.1) is 22.1 Å². The van der Waals surface area contributed by atoms with E-state index in [1.807, 2.05) is 0 Å². The summed E-state index contributed by atoms with van der Waals surface area (Å²) in [7, 11) is -1.88. The molecule has 0 saturated carbocycles. The monoisotopic (exact) mass is 825 g/mol. The predicted octanol–water partition coefficient (Wildman–Crippen LogP) is 14.7. The van der Waals surface area contributed by atoms with Crippen LogP contribution >= 0.6 is 10.0 Å². The Morgan fingerprint density at radius 1 is 0.270 bits per heavy atom. The second kappa shape index (κ2) is 15.1. The second-order valence-electron chi connectivity index (χ2n) is 15.7. The molecule has 5 nitrogen and oxygen atoms in total. The summed E-state index contributed by atoms with van der Waals surface area (Å²) in [6, 6.07) is 84.6. The van der Waals surface area contributed by atoms with Gasteiger partial charge in [0.15, 0.2) is 5.82 Å². The Morgan fingerprint density at radius 2 is 0.635 bits per heavy atom. The maximum atomic E-state index is 5.43. The normalized spacial score (nSPS) is 12.1. The Kier molecular flexibility index (Phi) is 8.83. The number of hydrogen-bond acceptors (Lipinski definition) is 3. The highest BCUT2D eigenvalue weighted by molar-refractivity contribution is 8.34. The molecule has 0 aliphatic rings. The van der Waals surface area contributed by atoms with Crippen molar-refractivity contribution in [2.75, 3.05) is 0 Å². The summed E-state index contributed by atoms with van der Waals surface area (Å²) in [5.41, 5.74) is 7.30. The van der Waals surface area contributed by atoms with Crippen LogP contribution in [-0.2, 0) is 0 Å². The largest absolute Gasteiger partial charge is 0.278 e. The van der Waals surface area contributed by atoms with Crippen LogP contribution in [0.25, 0.3) is 78.0 Å². The van der Waals surface area contributed by atoms with E-state index < -0.39 is 10.0 Å². The first kappa shape index (κ1) is 36.8. The molecular weight excluding hydrogens is 787 g/mol. The lowest BCUT2D eigenvalue weighted by Crippen LogP contribution is -2.10. The van der Waals surface area contributed by atoms with Crippen LogP contribution in [0.4, 0.5) is 0 Å². The lowest BCUT2D eigenvalue weighted by molar-refractivity contribution is 0.892. The van der Waals surface area contributed by atoms with Crippen LogP contribution in [0.2, 0.25) is 0 Å². The van der Waals surface area contributed by atoms with Crippen molar-refractivity contribution in [3.63, 3.8) is 0 Å². The van der Waals surface area contributed by atoms with Crippen LogP contribution in [0, 0.1) is 0 Å². The molecule has 0 amide bonds. The van der Waals surface area contributed by atoms with Gasteiger partial charge in [0, 0.05) is 46.7 Å². The maximum Gasteiger partial charge on any atom is 0.240 e. The van der Waals surface area contributed by atoms with Gasteiger partial charge in [-0.05, 0) is 83.9 Å². The van der Waals surface area contributed by atoms with Gasteiger partial charge in [-0.2, -0.15) is 15.0 Å². The van der Waals surface area contributed by atoms with E-state index in [0.717, 1.165) is 60.3 Å². The standard InChI is InChI=1S/C57H39N5S/c1-5-19-40(20-6-1)42-35-38-50-49-29-15-18-32-53(49)62(54(50)39-42)57-59-55(58-56(60-57)61-51-30-16-13-27-47(51)48-28-14-17-31-52(48)61)41-33-36-46(37-34-41)63(43-21-7-2-8-22-43,44-23-9-3-10-24-44)45-25-11-4-12-26-45/h1-39H. The molecule has 9 aromatic carbocycles. The van der Waals surface area contributed by atoms with E-state index in [1.54, 1.807) is 0 Å². The van der Waals surface area contributed by atoms with E-state index in [2.05, 4.69) is 246 Å². The third-order valence-corrected chi connectivity index (χ3v) is 16.0. The fraction of sp³-hybridized carbons (Fsp3) is 0. The Morgan fingerprint density at radius 3 is 1.11 bits per heavy atom. The number of aromatic nitrogens is 5. The Labute approximate surface area is 366 Å². The molecule has 6 heteroatoms. The summed E-state index contributed by atoms with van der Waals surface area (Å²) in [5, 5.41) is 4.57. The van der Waals surface area contributed by atoms with Crippen molar-refractivity contribution in [2.24, 2.45) is 0 Å². The molecule has 63 heavy (non-hydrogen) atoms. The molecule has 12 aromatic rings. The molecule has 12 rings (SSSR count). The highest BCUT2D eigenvalue weighted by Gasteiger charge is 2.33. The number of nitrogens with zero attached hydrogens (tertiary/aromatic N) is 5. The van der Waals surface area contributed by atoms with E-state index >= 15 is 0 Å². The number of fused-ring (bicyclic) bond motifs is 6. The Bertz CT molecular complexity index is 3450. The first-order chi connectivity index (χ1) is 31.3. The molecular formula is C57H39N5S. The minimum atomic E-state index is -1.88. The third kappa shape index (κ3) is 5.98. The molecule has 3 heterocycles. The number of hydrogen-bond donors (Lipinski definition) is 0. The van der Waals surface area contributed by atoms with Crippen LogP contribution in [0.3, 0.4) is 0 Å². The van der Waals surface area contributed by atoms with Crippen LogP contribution in [-0.4, -0.2) is 24.1 Å². The first-order valence-electron chi connectivity index (χ1n) is 21.2. The van der Waals surface area contributed by atoms with Gasteiger partial charge in [-0.25, -0.2) is 0 Å². The van der Waals surface area contributed by atoms with Gasteiger partial charge in [0.25, 0.3) is 0 Å². The van der Waals surface area contributed by atoms with Gasteiger partial charge in [-0.15, -0.1) is 10.0 Å². The lowest BCUT2D eigenvalue weighted by Gasteiger charge is -2.42.